The van der Waals surface area contributed by atoms with Crippen LogP contribution in [0.1, 0.15) is 45.4 Å². The number of aromatic carboxylic acids is 1. The van der Waals surface area contributed by atoms with Gasteiger partial charge in [-0.2, -0.15) is 0 Å². The highest BCUT2D eigenvalue weighted by atomic mass is 35.5. The molecular formula is C20H21ClFN3O3S. The van der Waals surface area contributed by atoms with Crippen molar-refractivity contribution in [1.82, 2.24) is 15.3 Å². The van der Waals surface area contributed by atoms with Gasteiger partial charge in [0.2, 0.25) is 5.82 Å². The van der Waals surface area contributed by atoms with Gasteiger partial charge in [-0.15, -0.1) is 23.7 Å². The van der Waals surface area contributed by atoms with Crippen LogP contribution in [0, 0.1) is 5.82 Å². The van der Waals surface area contributed by atoms with Crippen LogP contribution in [0.25, 0.3) is 10.2 Å². The number of rotatable bonds is 2. The second-order valence-electron chi connectivity index (χ2n) is 7.00. The first-order chi connectivity index (χ1) is 13.5. The Morgan fingerprint density at radius 1 is 1.31 bits per heavy atom. The molecule has 0 radical (unpaired) electrons. The number of aromatic nitrogens is 2. The zero-order valence-electron chi connectivity index (χ0n) is 15.5. The quantitative estimate of drug-likeness (QED) is 0.570. The Morgan fingerprint density at radius 3 is 2.83 bits per heavy atom. The van der Waals surface area contributed by atoms with Crippen molar-refractivity contribution >= 4 is 39.9 Å². The molecule has 2 aromatic heterocycles. The molecule has 1 aromatic carbocycles. The zero-order valence-corrected chi connectivity index (χ0v) is 17.2. The number of fused-ring (bicyclic) bond motifs is 3. The number of nitrogens with one attached hydrogen (secondary N) is 2. The van der Waals surface area contributed by atoms with Gasteiger partial charge in [0.15, 0.2) is 0 Å². The fourth-order valence-electron chi connectivity index (χ4n) is 3.80. The minimum absolute atomic E-state index is 0. The molecule has 1 saturated heterocycles. The van der Waals surface area contributed by atoms with Crippen LogP contribution < -0.4 is 10.9 Å². The van der Waals surface area contributed by atoms with E-state index in [1.54, 1.807) is 12.1 Å². The van der Waals surface area contributed by atoms with E-state index in [-0.39, 0.29) is 29.6 Å². The lowest BCUT2D eigenvalue weighted by atomic mass is 9.99. The number of aryl methyl sites for hydroxylation is 2. The Hall–Kier alpha value is -2.29. The molecule has 1 unspecified atom stereocenters. The fraction of sp³-hybridized carbons (Fsp3) is 0.350. The summed E-state index contributed by atoms with van der Waals surface area (Å²) in [6, 6.07) is 6.91. The number of carboxylic acid groups (broad SMARTS) is 1. The molecular weight excluding hydrogens is 417 g/mol. The highest BCUT2D eigenvalue weighted by Gasteiger charge is 2.22. The summed E-state index contributed by atoms with van der Waals surface area (Å²) in [6.45, 7) is 2.05. The maximum Gasteiger partial charge on any atom is 0.372 e. The summed E-state index contributed by atoms with van der Waals surface area (Å²) in [5, 5.41) is 12.6. The highest BCUT2D eigenvalue weighted by molar-refractivity contribution is 7.18. The summed E-state index contributed by atoms with van der Waals surface area (Å²) < 4.78 is 12.8. The Labute approximate surface area is 176 Å². The first-order valence-electron chi connectivity index (χ1n) is 9.27. The van der Waals surface area contributed by atoms with Crippen molar-refractivity contribution in [3.8, 4) is 0 Å². The first-order valence-corrected chi connectivity index (χ1v) is 10.1. The lowest BCUT2D eigenvalue weighted by Crippen LogP contribution is -2.15. The third-order valence-electron chi connectivity index (χ3n) is 5.16. The summed E-state index contributed by atoms with van der Waals surface area (Å²) >= 11 is 1.44. The van der Waals surface area contributed by atoms with Crippen LogP contribution >= 0.6 is 23.7 Å². The smallest absolute Gasteiger partial charge is 0.372 e. The van der Waals surface area contributed by atoms with Crippen molar-refractivity contribution in [3.63, 3.8) is 0 Å². The molecule has 1 atom stereocenters. The molecule has 1 fully saturated rings. The van der Waals surface area contributed by atoms with E-state index in [4.69, 9.17) is 5.11 Å². The largest absolute Gasteiger partial charge is 0.475 e. The van der Waals surface area contributed by atoms with Gasteiger partial charge in [0.25, 0.3) is 5.56 Å². The molecule has 29 heavy (non-hydrogen) atoms. The topological polar surface area (TPSA) is 95.1 Å². The van der Waals surface area contributed by atoms with E-state index < -0.39 is 5.97 Å². The molecule has 1 aliphatic carbocycles. The lowest BCUT2D eigenvalue weighted by Gasteiger charge is -2.07. The number of thiophene rings is 1. The predicted octanol–water partition coefficient (Wildman–Crippen LogP) is 3.50. The average molecular weight is 438 g/mol. The molecule has 3 heterocycles. The van der Waals surface area contributed by atoms with Gasteiger partial charge in [-0.25, -0.2) is 14.2 Å². The minimum atomic E-state index is -1.20. The maximum atomic E-state index is 12.8. The Morgan fingerprint density at radius 2 is 2.14 bits per heavy atom. The van der Waals surface area contributed by atoms with E-state index in [1.807, 2.05) is 6.07 Å². The molecule has 154 valence electrons. The van der Waals surface area contributed by atoms with Crippen LogP contribution in [-0.4, -0.2) is 34.1 Å². The third kappa shape index (κ3) is 4.49. The van der Waals surface area contributed by atoms with Crippen LogP contribution in [0.2, 0.25) is 0 Å². The molecule has 5 rings (SSSR count). The van der Waals surface area contributed by atoms with Crippen LogP contribution in [-0.2, 0) is 12.8 Å². The van der Waals surface area contributed by atoms with Crippen LogP contribution in [0.15, 0.2) is 29.1 Å². The highest BCUT2D eigenvalue weighted by Crippen LogP contribution is 2.34. The van der Waals surface area contributed by atoms with Gasteiger partial charge in [0, 0.05) is 11.4 Å². The van der Waals surface area contributed by atoms with Gasteiger partial charge in [-0.3, -0.25) is 4.79 Å². The Bertz CT molecular complexity index is 1090. The number of aromatic amines is 1. The Balaban J connectivity index is 0.000000167. The molecule has 3 aromatic rings. The molecule has 3 N–H and O–H groups in total. The van der Waals surface area contributed by atoms with Crippen LogP contribution in [0.4, 0.5) is 4.39 Å². The molecule has 6 nitrogen and oxygen atoms in total. The summed E-state index contributed by atoms with van der Waals surface area (Å²) in [7, 11) is 0. The van der Waals surface area contributed by atoms with Crippen LogP contribution in [0.3, 0.4) is 0 Å². The lowest BCUT2D eigenvalue weighted by molar-refractivity contribution is 0.0683. The summed E-state index contributed by atoms with van der Waals surface area (Å²) in [4.78, 5) is 30.5. The molecule has 0 bridgehead atoms. The second kappa shape index (κ2) is 9.02. The zero-order chi connectivity index (χ0) is 19.7. The maximum absolute atomic E-state index is 12.8. The summed E-state index contributed by atoms with van der Waals surface area (Å²) in [5.41, 5.74) is 1.85. The monoisotopic (exact) mass is 437 g/mol. The number of carbonyl (C=O) groups is 1. The molecule has 0 amide bonds. The summed E-state index contributed by atoms with van der Waals surface area (Å²) in [5.74, 6) is -1.09. The minimum Gasteiger partial charge on any atom is -0.475 e. The van der Waals surface area contributed by atoms with E-state index >= 15 is 0 Å². The van der Waals surface area contributed by atoms with Gasteiger partial charge in [0.05, 0.1) is 5.39 Å². The van der Waals surface area contributed by atoms with Crippen molar-refractivity contribution in [2.45, 2.75) is 31.6 Å². The molecule has 9 heteroatoms. The fourth-order valence-corrected chi connectivity index (χ4v) is 5.07. The van der Waals surface area contributed by atoms with Gasteiger partial charge < -0.3 is 15.4 Å². The van der Waals surface area contributed by atoms with Crippen molar-refractivity contribution < 1.29 is 14.3 Å². The third-order valence-corrected chi connectivity index (χ3v) is 6.34. The van der Waals surface area contributed by atoms with E-state index in [0.29, 0.717) is 16.1 Å². The first kappa shape index (κ1) is 21.4. The summed E-state index contributed by atoms with van der Waals surface area (Å²) in [6.07, 6.45) is 4.06. The van der Waals surface area contributed by atoms with Crippen molar-refractivity contribution in [2.24, 2.45) is 0 Å². The van der Waals surface area contributed by atoms with Gasteiger partial charge in [-0.05, 0) is 61.4 Å². The van der Waals surface area contributed by atoms with Gasteiger partial charge in [-0.1, -0.05) is 12.1 Å². The standard InChI is InChI=1S/C10H12FN.C10H8N2O3S.ClH/c11-10-3-1-2-8(6-10)9-4-5-12-7-9;13-8-6-4-2-1-3-5(4)16-9(6)12-7(11-8)10(14)15;/h1-3,6,9,12H,4-5,7H2;1-3H2,(H,14,15)(H,11,12,13);1H. The number of halogens is 2. The Kier molecular flexibility index (Phi) is 6.66. The number of nitrogens with zero attached hydrogens (tertiary/aromatic N) is 1. The van der Waals surface area contributed by atoms with E-state index in [0.717, 1.165) is 49.9 Å². The van der Waals surface area contributed by atoms with Crippen LogP contribution in [0.5, 0.6) is 0 Å². The number of carboxylic acids is 1. The average Bonchev–Trinajstić information content (AvgIpc) is 3.39. The second-order valence-corrected chi connectivity index (χ2v) is 8.09. The van der Waals surface area contributed by atoms with E-state index in [2.05, 4.69) is 15.3 Å². The van der Waals surface area contributed by atoms with Crippen molar-refractivity contribution in [2.75, 3.05) is 13.1 Å². The van der Waals surface area contributed by atoms with Gasteiger partial charge >= 0.3 is 5.97 Å². The normalized spacial score (nSPS) is 17.3. The molecule has 0 spiro atoms. The molecule has 2 aliphatic rings. The number of hydrogen-bond donors (Lipinski definition) is 3. The SMILES string of the molecule is Cl.Fc1cccc(C2CCNC2)c1.O=C(O)c1nc2sc3c(c2c(=O)[nH]1)CCC3. The number of benzene rings is 1. The number of hydrogen-bond acceptors (Lipinski definition) is 5. The molecule has 0 saturated carbocycles. The predicted molar refractivity (Wildman–Crippen MR) is 113 cm³/mol. The van der Waals surface area contributed by atoms with Crippen molar-refractivity contribution in [1.29, 1.82) is 0 Å². The number of H-pyrrole nitrogens is 1. The van der Waals surface area contributed by atoms with E-state index in [1.165, 1.54) is 22.3 Å². The van der Waals surface area contributed by atoms with Gasteiger partial charge in [0.1, 0.15) is 10.6 Å². The van der Waals surface area contributed by atoms with Crippen molar-refractivity contribution in [3.05, 3.63) is 62.3 Å². The molecule has 1 aliphatic heterocycles. The van der Waals surface area contributed by atoms with E-state index in [9.17, 15) is 14.0 Å².